The maximum atomic E-state index is 5.19. The van der Waals surface area contributed by atoms with Gasteiger partial charge in [0, 0.05) is 46.4 Å². The predicted molar refractivity (Wildman–Crippen MR) is 218 cm³/mol. The normalized spacial score (nSPS) is 12.9. The zero-order chi connectivity index (χ0) is 36.4. The van der Waals surface area contributed by atoms with Gasteiger partial charge in [-0.1, -0.05) is 93.6 Å². The van der Waals surface area contributed by atoms with Crippen LogP contribution in [-0.2, 0) is 5.41 Å². The molecule has 0 amide bonds. The second kappa shape index (κ2) is 12.4. The smallest absolute Gasteiger partial charge is 0.164 e. The molecule has 0 radical (unpaired) electrons. The molecule has 0 saturated carbocycles. The van der Waals surface area contributed by atoms with Crippen LogP contribution in [0, 0.1) is 13.8 Å². The number of rotatable bonds is 5. The Morgan fingerprint density at radius 1 is 0.566 bits per heavy atom. The average molecular weight is 692 g/mol. The molecule has 0 unspecified atom stereocenters. The van der Waals surface area contributed by atoms with Crippen molar-refractivity contribution < 1.29 is 0 Å². The summed E-state index contributed by atoms with van der Waals surface area (Å²) < 4.78 is 2.27. The highest BCUT2D eigenvalue weighted by Crippen LogP contribution is 2.42. The van der Waals surface area contributed by atoms with Crippen molar-refractivity contribution in [2.45, 2.75) is 40.0 Å². The minimum Gasteiger partial charge on any atom is -0.355 e. The van der Waals surface area contributed by atoms with E-state index in [2.05, 4.69) is 159 Å². The lowest BCUT2D eigenvalue weighted by molar-refractivity contribution is 0.588. The Balaban J connectivity index is 1.21. The number of benzene rings is 5. The molecule has 260 valence electrons. The van der Waals surface area contributed by atoms with Gasteiger partial charge in [0.05, 0.1) is 29.1 Å². The lowest BCUT2D eigenvalue weighted by Gasteiger charge is -2.20. The molecule has 4 heterocycles. The number of aryl methyl sites for hydroxylation is 2. The Kier molecular flexibility index (Phi) is 7.62. The van der Waals surface area contributed by atoms with E-state index in [-0.39, 0.29) is 5.41 Å². The number of hydrogen-bond donors (Lipinski definition) is 0. The molecule has 0 N–H and O–H groups in total. The van der Waals surface area contributed by atoms with Gasteiger partial charge in [0.1, 0.15) is 5.82 Å². The van der Waals surface area contributed by atoms with Crippen LogP contribution < -0.4 is 9.80 Å². The van der Waals surface area contributed by atoms with Crippen LogP contribution in [0.4, 0.5) is 17.1 Å². The van der Waals surface area contributed by atoms with Gasteiger partial charge in [-0.25, -0.2) is 19.9 Å². The molecule has 9 rings (SSSR count). The van der Waals surface area contributed by atoms with Crippen LogP contribution in [0.3, 0.4) is 0 Å². The Morgan fingerprint density at radius 2 is 1.21 bits per heavy atom. The molecule has 0 spiro atoms. The molecule has 7 nitrogen and oxygen atoms in total. The van der Waals surface area contributed by atoms with E-state index in [1.54, 1.807) is 0 Å². The van der Waals surface area contributed by atoms with E-state index >= 15 is 0 Å². The number of fused-ring (bicyclic) bond motifs is 4. The summed E-state index contributed by atoms with van der Waals surface area (Å²) in [5, 5.41) is 2.33. The van der Waals surface area contributed by atoms with Gasteiger partial charge in [-0.15, -0.1) is 0 Å². The Hall–Kier alpha value is -6.34. The van der Waals surface area contributed by atoms with Crippen LogP contribution in [0.5, 0.6) is 0 Å². The van der Waals surface area contributed by atoms with Gasteiger partial charge in [0.15, 0.2) is 17.5 Å². The molecule has 8 aromatic rings. The number of hydrogen-bond acceptors (Lipinski definition) is 6. The lowest BCUT2D eigenvalue weighted by atomic mass is 9.88. The molecule has 0 saturated heterocycles. The predicted octanol–water partition coefficient (Wildman–Crippen LogP) is 10.8. The summed E-state index contributed by atoms with van der Waals surface area (Å²) in [5.41, 5.74) is 12.3. The molecular formula is C46H41N7. The van der Waals surface area contributed by atoms with Crippen molar-refractivity contribution in [3.05, 3.63) is 144 Å². The summed E-state index contributed by atoms with van der Waals surface area (Å²) in [6.07, 6.45) is 1.92. The highest BCUT2D eigenvalue weighted by molar-refractivity contribution is 6.10. The molecule has 3 aromatic heterocycles. The summed E-state index contributed by atoms with van der Waals surface area (Å²) in [5.74, 6) is 2.77. The van der Waals surface area contributed by atoms with E-state index in [1.165, 1.54) is 33.5 Å². The first-order valence-corrected chi connectivity index (χ1v) is 18.1. The van der Waals surface area contributed by atoms with E-state index in [9.17, 15) is 0 Å². The molecule has 53 heavy (non-hydrogen) atoms. The van der Waals surface area contributed by atoms with E-state index in [0.29, 0.717) is 17.5 Å². The zero-order valence-corrected chi connectivity index (χ0v) is 31.0. The largest absolute Gasteiger partial charge is 0.355 e. The number of para-hydroxylation sites is 1. The molecule has 5 aromatic carbocycles. The van der Waals surface area contributed by atoms with Crippen LogP contribution in [0.15, 0.2) is 128 Å². The van der Waals surface area contributed by atoms with Gasteiger partial charge in [-0.3, -0.25) is 4.57 Å². The van der Waals surface area contributed by atoms with Crippen LogP contribution in [-0.4, -0.2) is 38.2 Å². The topological polar surface area (TPSA) is 63.0 Å². The number of aromatic nitrogens is 5. The second-order valence-electron chi connectivity index (χ2n) is 15.2. The van der Waals surface area contributed by atoms with Crippen LogP contribution in [0.2, 0.25) is 0 Å². The first-order valence-electron chi connectivity index (χ1n) is 18.1. The third kappa shape index (κ3) is 5.69. The molecule has 1 aliphatic heterocycles. The van der Waals surface area contributed by atoms with E-state index < -0.39 is 0 Å². The van der Waals surface area contributed by atoms with Crippen molar-refractivity contribution in [1.82, 2.24) is 24.5 Å². The van der Waals surface area contributed by atoms with Crippen molar-refractivity contribution in [3.63, 3.8) is 0 Å². The summed E-state index contributed by atoms with van der Waals surface area (Å²) in [6, 6.07) is 42.6. The third-order valence-corrected chi connectivity index (χ3v) is 10.5. The maximum absolute atomic E-state index is 5.19. The summed E-state index contributed by atoms with van der Waals surface area (Å²) in [4.78, 5) is 24.9. The van der Waals surface area contributed by atoms with Gasteiger partial charge < -0.3 is 9.80 Å². The summed E-state index contributed by atoms with van der Waals surface area (Å²) in [6.45, 7) is 11.8. The van der Waals surface area contributed by atoms with Crippen molar-refractivity contribution in [2.75, 3.05) is 23.5 Å². The van der Waals surface area contributed by atoms with Gasteiger partial charge in [-0.05, 0) is 84.5 Å². The number of anilines is 3. The number of pyridine rings is 1. The fraction of sp³-hybridized carbons (Fsp3) is 0.174. The first-order chi connectivity index (χ1) is 25.6. The molecule has 1 aliphatic rings. The standard InChI is InChI=1S/C46H41N7/c1-29-23-40-41(24-30(29)2)52(28-51(40)6)35-16-12-15-32(25-35)44-48-43(31-13-8-7-9-14-31)49-45(50-44)33-19-20-37-36-17-10-11-18-38(36)53(39(37)26-33)42-27-34(21-22-47-42)46(3,4)5/h7-27H,28H2,1-6H3. The molecule has 7 heteroatoms. The molecular weight excluding hydrogens is 651 g/mol. The van der Waals surface area contributed by atoms with Crippen molar-refractivity contribution in [1.29, 1.82) is 0 Å². The highest BCUT2D eigenvalue weighted by atomic mass is 15.4. The van der Waals surface area contributed by atoms with Gasteiger partial charge >= 0.3 is 0 Å². The minimum absolute atomic E-state index is 0.0138. The van der Waals surface area contributed by atoms with E-state index in [0.717, 1.165) is 51.3 Å². The Labute approximate surface area is 310 Å². The Bertz CT molecular complexity index is 2690. The maximum Gasteiger partial charge on any atom is 0.164 e. The van der Waals surface area contributed by atoms with Crippen LogP contribution >= 0.6 is 0 Å². The zero-order valence-electron chi connectivity index (χ0n) is 31.0. The van der Waals surface area contributed by atoms with Crippen molar-refractivity contribution in [2.24, 2.45) is 0 Å². The highest BCUT2D eigenvalue weighted by Gasteiger charge is 2.26. The van der Waals surface area contributed by atoms with Crippen LogP contribution in [0.25, 0.3) is 61.8 Å². The van der Waals surface area contributed by atoms with E-state index in [1.807, 2.05) is 24.4 Å². The molecule has 0 aliphatic carbocycles. The van der Waals surface area contributed by atoms with Gasteiger partial charge in [0.25, 0.3) is 0 Å². The van der Waals surface area contributed by atoms with Gasteiger partial charge in [0.2, 0.25) is 0 Å². The summed E-state index contributed by atoms with van der Waals surface area (Å²) >= 11 is 0. The lowest BCUT2D eigenvalue weighted by Crippen LogP contribution is -2.23. The molecule has 0 bridgehead atoms. The van der Waals surface area contributed by atoms with Crippen LogP contribution in [0.1, 0.15) is 37.5 Å². The van der Waals surface area contributed by atoms with Gasteiger partial charge in [-0.2, -0.15) is 0 Å². The fourth-order valence-electron chi connectivity index (χ4n) is 7.42. The van der Waals surface area contributed by atoms with Crippen molar-refractivity contribution in [3.8, 4) is 40.0 Å². The molecule has 0 atom stereocenters. The molecule has 0 fully saturated rings. The first kappa shape index (κ1) is 32.6. The summed E-state index contributed by atoms with van der Waals surface area (Å²) in [7, 11) is 2.15. The SMILES string of the molecule is Cc1cc2c(cc1C)N(c1cccc(-c3nc(-c4ccccc4)nc(-c4ccc5c6ccccc6n(-c6cc(C(C)(C)C)ccn6)c5c4)n3)c1)CN2C. The quantitative estimate of drug-likeness (QED) is 0.179. The monoisotopic (exact) mass is 691 g/mol. The number of nitrogens with zero attached hydrogens (tertiary/aromatic N) is 7. The fourth-order valence-corrected chi connectivity index (χ4v) is 7.42. The third-order valence-electron chi connectivity index (χ3n) is 10.5. The second-order valence-corrected chi connectivity index (χ2v) is 15.2. The van der Waals surface area contributed by atoms with E-state index in [4.69, 9.17) is 19.9 Å². The minimum atomic E-state index is -0.0138. The Morgan fingerprint density at radius 3 is 1.96 bits per heavy atom. The van der Waals surface area contributed by atoms with Crippen molar-refractivity contribution >= 4 is 38.9 Å². The average Bonchev–Trinajstić information content (AvgIpc) is 3.68.